The molecule has 1 aromatic heterocycles. The van der Waals surface area contributed by atoms with E-state index in [-0.39, 0.29) is 0 Å². The maximum Gasteiger partial charge on any atom is 0.161 e. The van der Waals surface area contributed by atoms with Crippen LogP contribution < -0.4 is 0 Å². The Kier molecular flexibility index (Phi) is 3.71. The van der Waals surface area contributed by atoms with Crippen LogP contribution in [0.2, 0.25) is 0 Å². The summed E-state index contributed by atoms with van der Waals surface area (Å²) in [5, 5.41) is 9.05. The Hall–Kier alpha value is -2.08. The Morgan fingerprint density at radius 3 is 2.37 bits per heavy atom. The maximum absolute atomic E-state index is 9.05. The molecule has 0 bridgehead atoms. The van der Waals surface area contributed by atoms with Crippen molar-refractivity contribution in [2.24, 2.45) is 7.05 Å². The summed E-state index contributed by atoms with van der Waals surface area (Å²) in [6.45, 7) is 6.44. The van der Waals surface area contributed by atoms with E-state index < -0.39 is 0 Å². The zero-order valence-corrected chi connectivity index (χ0v) is 12.0. The minimum atomic E-state index is 0.546. The zero-order valence-electron chi connectivity index (χ0n) is 12.0. The fraction of sp³-hybridized carbons (Fsp3) is 0.375. The van der Waals surface area contributed by atoms with E-state index in [0.29, 0.717) is 5.69 Å². The van der Waals surface area contributed by atoms with Crippen LogP contribution in [0.1, 0.15) is 33.6 Å². The van der Waals surface area contributed by atoms with Crippen LogP contribution in [0.4, 0.5) is 0 Å². The molecule has 2 rings (SSSR count). The van der Waals surface area contributed by atoms with Crippen LogP contribution in [-0.4, -0.2) is 9.55 Å². The summed E-state index contributed by atoms with van der Waals surface area (Å²) >= 11 is 0. The van der Waals surface area contributed by atoms with Crippen molar-refractivity contribution in [2.45, 2.75) is 33.6 Å². The molecule has 1 heterocycles. The predicted octanol–water partition coefficient (Wildman–Crippen LogP) is 3.00. The first-order chi connectivity index (χ1) is 9.02. The number of nitrogens with zero attached hydrogens (tertiary/aromatic N) is 3. The third-order valence-corrected chi connectivity index (χ3v) is 3.62. The van der Waals surface area contributed by atoms with Crippen molar-refractivity contribution in [3.8, 4) is 6.07 Å². The monoisotopic (exact) mass is 253 g/mol. The molecule has 2 aromatic rings. The molecule has 0 amide bonds. The molecule has 1 aromatic carbocycles. The minimum Gasteiger partial charge on any atom is -0.336 e. The summed E-state index contributed by atoms with van der Waals surface area (Å²) in [7, 11) is 1.94. The SMILES string of the molecule is Cc1cc(C)c(CCc2c(C#N)ncn2C)c(C)c1. The highest BCUT2D eigenvalue weighted by Gasteiger charge is 2.10. The molecule has 0 spiro atoms. The summed E-state index contributed by atoms with van der Waals surface area (Å²) in [6.07, 6.45) is 3.51. The van der Waals surface area contributed by atoms with Crippen LogP contribution in [0.5, 0.6) is 0 Å². The Bertz CT molecular complexity index is 621. The summed E-state index contributed by atoms with van der Waals surface area (Å²) in [6, 6.07) is 6.60. The van der Waals surface area contributed by atoms with Gasteiger partial charge in [0.15, 0.2) is 5.69 Å². The van der Waals surface area contributed by atoms with Crippen LogP contribution in [0.15, 0.2) is 18.5 Å². The lowest BCUT2D eigenvalue weighted by molar-refractivity contribution is 0.792. The second kappa shape index (κ2) is 5.27. The van der Waals surface area contributed by atoms with Crippen LogP contribution >= 0.6 is 0 Å². The Morgan fingerprint density at radius 2 is 1.79 bits per heavy atom. The molecule has 3 heteroatoms. The van der Waals surface area contributed by atoms with E-state index in [2.05, 4.69) is 44.0 Å². The van der Waals surface area contributed by atoms with Gasteiger partial charge in [0.1, 0.15) is 6.07 Å². The van der Waals surface area contributed by atoms with E-state index in [0.717, 1.165) is 18.5 Å². The topological polar surface area (TPSA) is 41.6 Å². The van der Waals surface area contributed by atoms with E-state index >= 15 is 0 Å². The normalized spacial score (nSPS) is 10.5. The Labute approximate surface area is 114 Å². The number of nitriles is 1. The lowest BCUT2D eigenvalue weighted by Crippen LogP contribution is -2.03. The first kappa shape index (κ1) is 13.4. The number of hydrogen-bond acceptors (Lipinski definition) is 2. The number of benzene rings is 1. The van der Waals surface area contributed by atoms with E-state index in [1.54, 1.807) is 6.33 Å². The molecule has 0 fully saturated rings. The van der Waals surface area contributed by atoms with E-state index in [1.807, 2.05) is 11.6 Å². The first-order valence-electron chi connectivity index (χ1n) is 6.50. The van der Waals surface area contributed by atoms with Crippen molar-refractivity contribution < 1.29 is 0 Å². The second-order valence-electron chi connectivity index (χ2n) is 5.14. The smallest absolute Gasteiger partial charge is 0.161 e. The van der Waals surface area contributed by atoms with Gasteiger partial charge in [0, 0.05) is 7.05 Å². The van der Waals surface area contributed by atoms with Gasteiger partial charge in [-0.05, 0) is 50.3 Å². The fourth-order valence-electron chi connectivity index (χ4n) is 2.69. The summed E-state index contributed by atoms with van der Waals surface area (Å²) in [5.74, 6) is 0. The molecule has 0 N–H and O–H groups in total. The van der Waals surface area contributed by atoms with Gasteiger partial charge in [0.05, 0.1) is 12.0 Å². The molecular formula is C16H19N3. The number of imidazole rings is 1. The van der Waals surface area contributed by atoms with Gasteiger partial charge >= 0.3 is 0 Å². The molecule has 19 heavy (non-hydrogen) atoms. The second-order valence-corrected chi connectivity index (χ2v) is 5.14. The standard InChI is InChI=1S/C16H19N3/c1-11-7-12(2)14(13(3)8-11)5-6-16-15(9-17)18-10-19(16)4/h7-8,10H,5-6H2,1-4H3. The largest absolute Gasteiger partial charge is 0.336 e. The molecule has 0 aliphatic rings. The minimum absolute atomic E-state index is 0.546. The lowest BCUT2D eigenvalue weighted by Gasteiger charge is -2.11. The van der Waals surface area contributed by atoms with E-state index in [4.69, 9.17) is 5.26 Å². The zero-order chi connectivity index (χ0) is 14.0. The summed E-state index contributed by atoms with van der Waals surface area (Å²) in [5.41, 5.74) is 6.91. The number of aryl methyl sites for hydroxylation is 4. The van der Waals surface area contributed by atoms with Gasteiger partial charge in [-0.2, -0.15) is 5.26 Å². The molecule has 0 aliphatic carbocycles. The van der Waals surface area contributed by atoms with Crippen molar-refractivity contribution in [3.05, 3.63) is 52.1 Å². The molecule has 0 radical (unpaired) electrons. The Morgan fingerprint density at radius 1 is 1.16 bits per heavy atom. The van der Waals surface area contributed by atoms with Gasteiger partial charge in [0.2, 0.25) is 0 Å². The Balaban J connectivity index is 2.24. The van der Waals surface area contributed by atoms with Crippen molar-refractivity contribution in [1.29, 1.82) is 5.26 Å². The molecule has 0 aliphatic heterocycles. The maximum atomic E-state index is 9.05. The lowest BCUT2D eigenvalue weighted by atomic mass is 9.95. The fourth-order valence-corrected chi connectivity index (χ4v) is 2.69. The number of rotatable bonds is 3. The highest BCUT2D eigenvalue weighted by atomic mass is 15.0. The molecule has 3 nitrogen and oxygen atoms in total. The molecule has 0 saturated heterocycles. The molecular weight excluding hydrogens is 234 g/mol. The van der Waals surface area contributed by atoms with Crippen molar-refractivity contribution in [1.82, 2.24) is 9.55 Å². The molecule has 0 saturated carbocycles. The molecule has 98 valence electrons. The van der Waals surface area contributed by atoms with Gasteiger partial charge in [-0.15, -0.1) is 0 Å². The third-order valence-electron chi connectivity index (χ3n) is 3.62. The average Bonchev–Trinajstić information content (AvgIpc) is 2.69. The highest BCUT2D eigenvalue weighted by molar-refractivity contribution is 5.38. The average molecular weight is 253 g/mol. The quantitative estimate of drug-likeness (QED) is 0.843. The van der Waals surface area contributed by atoms with Gasteiger partial charge in [0.25, 0.3) is 0 Å². The van der Waals surface area contributed by atoms with Gasteiger partial charge in [-0.3, -0.25) is 0 Å². The number of aromatic nitrogens is 2. The summed E-state index contributed by atoms with van der Waals surface area (Å²) < 4.78 is 1.94. The predicted molar refractivity (Wildman–Crippen MR) is 76.0 cm³/mol. The van der Waals surface area contributed by atoms with Gasteiger partial charge < -0.3 is 4.57 Å². The van der Waals surface area contributed by atoms with Crippen LogP contribution in [0.3, 0.4) is 0 Å². The summed E-state index contributed by atoms with van der Waals surface area (Å²) in [4.78, 5) is 4.11. The van der Waals surface area contributed by atoms with E-state index in [9.17, 15) is 0 Å². The van der Waals surface area contributed by atoms with Crippen LogP contribution in [-0.2, 0) is 19.9 Å². The van der Waals surface area contributed by atoms with Crippen molar-refractivity contribution in [2.75, 3.05) is 0 Å². The van der Waals surface area contributed by atoms with Crippen molar-refractivity contribution >= 4 is 0 Å². The molecule has 0 unspecified atom stereocenters. The number of hydrogen-bond donors (Lipinski definition) is 0. The van der Waals surface area contributed by atoms with Crippen LogP contribution in [0.25, 0.3) is 0 Å². The van der Waals surface area contributed by atoms with E-state index in [1.165, 1.54) is 22.3 Å². The third kappa shape index (κ3) is 2.68. The van der Waals surface area contributed by atoms with Gasteiger partial charge in [-0.25, -0.2) is 4.98 Å². The van der Waals surface area contributed by atoms with Gasteiger partial charge in [-0.1, -0.05) is 17.7 Å². The van der Waals surface area contributed by atoms with Crippen LogP contribution in [0, 0.1) is 32.1 Å². The van der Waals surface area contributed by atoms with Crippen molar-refractivity contribution in [3.63, 3.8) is 0 Å². The highest BCUT2D eigenvalue weighted by Crippen LogP contribution is 2.19. The first-order valence-corrected chi connectivity index (χ1v) is 6.50. The molecule has 0 atom stereocenters.